The molecule has 0 aliphatic rings. The number of hydrogen-bond acceptors (Lipinski definition) is 4. The molecule has 2 rings (SSSR count). The number of aromatic nitrogens is 2. The minimum Gasteiger partial charge on any atom is -0.249 e. The van der Waals surface area contributed by atoms with E-state index >= 15 is 0 Å². The summed E-state index contributed by atoms with van der Waals surface area (Å²) in [6.45, 7) is 0. The van der Waals surface area contributed by atoms with E-state index in [1.807, 2.05) is 12.1 Å². The highest BCUT2D eigenvalue weighted by Gasteiger charge is 2.04. The van der Waals surface area contributed by atoms with Crippen molar-refractivity contribution in [3.05, 3.63) is 46.7 Å². The molecule has 0 spiro atoms. The van der Waals surface area contributed by atoms with E-state index in [9.17, 15) is 0 Å². The average molecular weight is 292 g/mol. The predicted molar refractivity (Wildman–Crippen MR) is 65.0 cm³/mol. The molecule has 5 heteroatoms. The average Bonchev–Trinajstić information content (AvgIpc) is 2.32. The van der Waals surface area contributed by atoms with Crippen LogP contribution in [0.2, 0.25) is 0 Å². The van der Waals surface area contributed by atoms with Crippen molar-refractivity contribution in [1.29, 1.82) is 5.26 Å². The molecule has 0 amide bonds. The molecule has 0 fully saturated rings. The van der Waals surface area contributed by atoms with E-state index in [-0.39, 0.29) is 0 Å². The highest BCUT2D eigenvalue weighted by molar-refractivity contribution is 9.10. The van der Waals surface area contributed by atoms with Crippen LogP contribution >= 0.6 is 27.7 Å². The molecule has 2 aromatic rings. The molecule has 0 saturated carbocycles. The summed E-state index contributed by atoms with van der Waals surface area (Å²) in [7, 11) is 0. The van der Waals surface area contributed by atoms with Crippen molar-refractivity contribution in [2.45, 2.75) is 10.1 Å². The van der Waals surface area contributed by atoms with E-state index in [1.165, 1.54) is 11.8 Å². The standard InChI is InChI=1S/C11H6BrN3S/c12-9-2-1-4-15-11(9)16-10-6-8(7-13)3-5-14-10/h1-6H. The van der Waals surface area contributed by atoms with Gasteiger partial charge in [-0.25, -0.2) is 9.97 Å². The Morgan fingerprint density at radius 1 is 1.25 bits per heavy atom. The zero-order valence-corrected chi connectivity index (χ0v) is 10.5. The molecular weight excluding hydrogens is 286 g/mol. The summed E-state index contributed by atoms with van der Waals surface area (Å²) >= 11 is 4.84. The molecule has 0 aliphatic heterocycles. The number of rotatable bonds is 2. The molecule has 0 saturated heterocycles. The third kappa shape index (κ3) is 2.60. The maximum atomic E-state index is 8.77. The van der Waals surface area contributed by atoms with Crippen LogP contribution in [0.5, 0.6) is 0 Å². The first-order valence-corrected chi connectivity index (χ1v) is 6.05. The van der Waals surface area contributed by atoms with Crippen molar-refractivity contribution in [3.8, 4) is 6.07 Å². The van der Waals surface area contributed by atoms with Gasteiger partial charge in [-0.05, 0) is 52.0 Å². The van der Waals surface area contributed by atoms with Crippen LogP contribution in [-0.4, -0.2) is 9.97 Å². The molecule has 0 bridgehead atoms. The zero-order valence-electron chi connectivity index (χ0n) is 8.09. The van der Waals surface area contributed by atoms with Crippen LogP contribution in [0.1, 0.15) is 5.56 Å². The molecule has 3 nitrogen and oxygen atoms in total. The molecule has 2 heterocycles. The third-order valence-corrected chi connectivity index (χ3v) is 3.64. The van der Waals surface area contributed by atoms with Crippen LogP contribution in [0, 0.1) is 11.3 Å². The summed E-state index contributed by atoms with van der Waals surface area (Å²) in [5.41, 5.74) is 0.601. The lowest BCUT2D eigenvalue weighted by molar-refractivity contribution is 1.08. The Kier molecular flexibility index (Phi) is 3.54. The van der Waals surface area contributed by atoms with Crippen LogP contribution < -0.4 is 0 Å². The fourth-order valence-corrected chi connectivity index (χ4v) is 2.35. The smallest absolute Gasteiger partial charge is 0.116 e. The van der Waals surface area contributed by atoms with Crippen LogP contribution in [0.4, 0.5) is 0 Å². The normalized spacial score (nSPS) is 9.75. The van der Waals surface area contributed by atoms with E-state index in [4.69, 9.17) is 5.26 Å². The van der Waals surface area contributed by atoms with Crippen LogP contribution in [0.15, 0.2) is 51.2 Å². The maximum absolute atomic E-state index is 8.77. The van der Waals surface area contributed by atoms with Crippen LogP contribution in [-0.2, 0) is 0 Å². The van der Waals surface area contributed by atoms with Gasteiger partial charge in [0.25, 0.3) is 0 Å². The lowest BCUT2D eigenvalue weighted by atomic mass is 10.3. The number of hydrogen-bond donors (Lipinski definition) is 0. The largest absolute Gasteiger partial charge is 0.249 e. The Hall–Kier alpha value is -1.38. The summed E-state index contributed by atoms with van der Waals surface area (Å²) in [5.74, 6) is 0. The van der Waals surface area contributed by atoms with Gasteiger partial charge in [-0.2, -0.15) is 5.26 Å². The molecule has 0 aromatic carbocycles. The van der Waals surface area contributed by atoms with Crippen molar-refractivity contribution in [3.63, 3.8) is 0 Å². The van der Waals surface area contributed by atoms with Gasteiger partial charge >= 0.3 is 0 Å². The highest BCUT2D eigenvalue weighted by atomic mass is 79.9. The molecule has 0 aliphatic carbocycles. The van der Waals surface area contributed by atoms with Gasteiger partial charge < -0.3 is 0 Å². The van der Waals surface area contributed by atoms with Gasteiger partial charge in [0.2, 0.25) is 0 Å². The first-order chi connectivity index (χ1) is 7.79. The first kappa shape index (κ1) is 11.1. The molecule has 0 radical (unpaired) electrons. The molecule has 0 N–H and O–H groups in total. The zero-order chi connectivity index (χ0) is 11.4. The highest BCUT2D eigenvalue weighted by Crippen LogP contribution is 2.30. The Labute approximate surface area is 106 Å². The predicted octanol–water partition coefficient (Wildman–Crippen LogP) is 3.26. The van der Waals surface area contributed by atoms with Crippen molar-refractivity contribution in [2.24, 2.45) is 0 Å². The van der Waals surface area contributed by atoms with Crippen LogP contribution in [0.25, 0.3) is 0 Å². The fraction of sp³-hybridized carbons (Fsp3) is 0. The summed E-state index contributed by atoms with van der Waals surface area (Å²) < 4.78 is 0.921. The Morgan fingerprint density at radius 3 is 2.88 bits per heavy atom. The Morgan fingerprint density at radius 2 is 2.12 bits per heavy atom. The SMILES string of the molecule is N#Cc1ccnc(Sc2ncccc2Br)c1. The molecule has 16 heavy (non-hydrogen) atoms. The molecule has 0 atom stereocenters. The Balaban J connectivity index is 2.28. The second kappa shape index (κ2) is 5.10. The first-order valence-electron chi connectivity index (χ1n) is 4.44. The van der Waals surface area contributed by atoms with Gasteiger partial charge in [0.1, 0.15) is 10.1 Å². The molecular formula is C11H6BrN3S. The number of pyridine rings is 2. The number of halogens is 1. The second-order valence-corrected chi connectivity index (χ2v) is 4.75. The van der Waals surface area contributed by atoms with E-state index in [2.05, 4.69) is 32.0 Å². The van der Waals surface area contributed by atoms with E-state index in [0.29, 0.717) is 5.56 Å². The van der Waals surface area contributed by atoms with Crippen molar-refractivity contribution < 1.29 is 0 Å². The maximum Gasteiger partial charge on any atom is 0.116 e. The summed E-state index contributed by atoms with van der Waals surface area (Å²) in [4.78, 5) is 8.40. The van der Waals surface area contributed by atoms with Crippen LogP contribution in [0.3, 0.4) is 0 Å². The van der Waals surface area contributed by atoms with Gasteiger partial charge in [0.15, 0.2) is 0 Å². The molecule has 78 valence electrons. The number of nitriles is 1. The fourth-order valence-electron chi connectivity index (χ4n) is 1.08. The van der Waals surface area contributed by atoms with Gasteiger partial charge in [0.05, 0.1) is 16.1 Å². The van der Waals surface area contributed by atoms with E-state index < -0.39 is 0 Å². The molecule has 2 aromatic heterocycles. The lowest BCUT2D eigenvalue weighted by Gasteiger charge is -2.01. The lowest BCUT2D eigenvalue weighted by Crippen LogP contribution is -1.84. The monoisotopic (exact) mass is 291 g/mol. The number of nitrogens with zero attached hydrogens (tertiary/aromatic N) is 3. The van der Waals surface area contributed by atoms with Gasteiger partial charge in [-0.15, -0.1) is 0 Å². The van der Waals surface area contributed by atoms with Gasteiger partial charge in [-0.1, -0.05) is 0 Å². The third-order valence-electron chi connectivity index (χ3n) is 1.79. The van der Waals surface area contributed by atoms with Gasteiger partial charge in [-0.3, -0.25) is 0 Å². The second-order valence-electron chi connectivity index (χ2n) is 2.89. The van der Waals surface area contributed by atoms with E-state index in [1.54, 1.807) is 24.5 Å². The van der Waals surface area contributed by atoms with E-state index in [0.717, 1.165) is 14.5 Å². The Bertz CT molecular complexity index is 551. The quantitative estimate of drug-likeness (QED) is 0.852. The topological polar surface area (TPSA) is 49.6 Å². The van der Waals surface area contributed by atoms with Gasteiger partial charge in [0, 0.05) is 12.4 Å². The van der Waals surface area contributed by atoms with Crippen molar-refractivity contribution >= 4 is 27.7 Å². The van der Waals surface area contributed by atoms with Crippen molar-refractivity contribution in [1.82, 2.24) is 9.97 Å². The summed E-state index contributed by atoms with van der Waals surface area (Å²) in [6.07, 6.45) is 3.35. The van der Waals surface area contributed by atoms with Crippen molar-refractivity contribution in [2.75, 3.05) is 0 Å². The minimum atomic E-state index is 0.601. The summed E-state index contributed by atoms with van der Waals surface area (Å²) in [6, 6.07) is 9.28. The summed E-state index contributed by atoms with van der Waals surface area (Å²) in [5, 5.41) is 10.4. The minimum absolute atomic E-state index is 0.601. The molecule has 0 unspecified atom stereocenters.